The van der Waals surface area contributed by atoms with Gasteiger partial charge in [0.2, 0.25) is 5.95 Å². The van der Waals surface area contributed by atoms with Crippen LogP contribution in [0.3, 0.4) is 0 Å². The molecule has 5 N–H and O–H groups in total. The fraction of sp³-hybridized carbons (Fsp3) is 0.235. The van der Waals surface area contributed by atoms with Crippen molar-refractivity contribution in [1.82, 2.24) is 29.4 Å². The number of fused-ring (bicyclic) bond motifs is 2. The van der Waals surface area contributed by atoms with Crippen molar-refractivity contribution in [2.45, 2.75) is 38.8 Å². The molecule has 1 amide bonds. The van der Waals surface area contributed by atoms with E-state index >= 15 is 0 Å². The molecule has 7 rings (SSSR count). The number of nitrogens with zero attached hydrogens (tertiary/aromatic N) is 5. The Morgan fingerprint density at radius 3 is 2.50 bits per heavy atom. The highest BCUT2D eigenvalue weighted by atomic mass is 16.3. The first-order valence-corrected chi connectivity index (χ1v) is 14.8. The molecular weight excluding hydrogens is 552 g/mol. The third-order valence-corrected chi connectivity index (χ3v) is 8.56. The number of hydrogen-bond donors (Lipinski definition) is 4. The van der Waals surface area contributed by atoms with Crippen LogP contribution in [0.5, 0.6) is 0 Å². The van der Waals surface area contributed by atoms with Gasteiger partial charge in [-0.2, -0.15) is 4.98 Å². The van der Waals surface area contributed by atoms with Gasteiger partial charge < -0.3 is 21.1 Å². The smallest absolute Gasteiger partial charge is 0.330 e. The van der Waals surface area contributed by atoms with E-state index in [1.54, 1.807) is 4.57 Å². The highest BCUT2D eigenvalue weighted by molar-refractivity contribution is 5.99. The van der Waals surface area contributed by atoms with E-state index in [1.807, 2.05) is 87.0 Å². The number of pyridine rings is 1. The Morgan fingerprint density at radius 2 is 1.80 bits per heavy atom. The number of amides is 1. The van der Waals surface area contributed by atoms with E-state index in [1.165, 1.54) is 0 Å². The molecule has 10 nitrogen and oxygen atoms in total. The first-order chi connectivity index (χ1) is 21.2. The highest BCUT2D eigenvalue weighted by Crippen LogP contribution is 2.34. The summed E-state index contributed by atoms with van der Waals surface area (Å²) in [5.41, 5.74) is 12.0. The molecule has 0 spiro atoms. The molecule has 4 aromatic heterocycles. The number of benzene rings is 2. The Balaban J connectivity index is 1.15. The third-order valence-electron chi connectivity index (χ3n) is 8.56. The van der Waals surface area contributed by atoms with Gasteiger partial charge >= 0.3 is 6.03 Å². The number of nitrogens with two attached hydrogens (primary N) is 1. The lowest BCUT2D eigenvalue weighted by Crippen LogP contribution is -2.41. The monoisotopic (exact) mass is 586 g/mol. The lowest BCUT2D eigenvalue weighted by Gasteiger charge is -2.35. The molecule has 44 heavy (non-hydrogen) atoms. The van der Waals surface area contributed by atoms with Crippen LogP contribution in [0.4, 0.5) is 16.4 Å². The van der Waals surface area contributed by atoms with Gasteiger partial charge in [0.05, 0.1) is 22.7 Å². The van der Waals surface area contributed by atoms with Crippen molar-refractivity contribution in [3.8, 4) is 22.6 Å². The number of aromatic nitrogens is 5. The van der Waals surface area contributed by atoms with Crippen LogP contribution in [-0.4, -0.2) is 59.2 Å². The summed E-state index contributed by atoms with van der Waals surface area (Å²) in [6.45, 7) is 6.40. The van der Waals surface area contributed by atoms with Crippen molar-refractivity contribution in [3.05, 3.63) is 90.4 Å². The van der Waals surface area contributed by atoms with Crippen LogP contribution in [0.1, 0.15) is 30.9 Å². The summed E-state index contributed by atoms with van der Waals surface area (Å²) >= 11 is 0. The fourth-order valence-electron chi connectivity index (χ4n) is 5.91. The summed E-state index contributed by atoms with van der Waals surface area (Å²) in [6, 6.07) is 19.4. The van der Waals surface area contributed by atoms with Crippen molar-refractivity contribution in [2.75, 3.05) is 24.1 Å². The second-order valence-corrected chi connectivity index (χ2v) is 11.9. The summed E-state index contributed by atoms with van der Waals surface area (Å²) < 4.78 is 1.56. The molecule has 5 heterocycles. The van der Waals surface area contributed by atoms with Gasteiger partial charge in [0.15, 0.2) is 0 Å². The Labute approximate surface area is 254 Å². The van der Waals surface area contributed by atoms with E-state index in [4.69, 9.17) is 10.7 Å². The van der Waals surface area contributed by atoms with Crippen LogP contribution in [0, 0.1) is 6.92 Å². The molecule has 1 saturated heterocycles. The maximum absolute atomic E-state index is 13.2. The largest absolute Gasteiger partial charge is 0.390 e. The number of H-pyrrole nitrogens is 1. The number of aromatic amines is 1. The molecule has 0 atom stereocenters. The average molecular weight is 587 g/mol. The molecule has 1 fully saturated rings. The van der Waals surface area contributed by atoms with Crippen LogP contribution in [-0.2, 0) is 6.54 Å². The lowest BCUT2D eigenvalue weighted by atomic mass is 9.94. The van der Waals surface area contributed by atoms with Crippen LogP contribution >= 0.6 is 0 Å². The SMILES string of the molecule is Cc1c(NC(=O)n2cc3ccccc3c2)cccc1-c1nc(N)nc2[nH]c(-c3ccc(CN4CCC(C)(O)CC4)cn3)cc12. The molecule has 10 heteroatoms. The van der Waals surface area contributed by atoms with E-state index in [0.29, 0.717) is 17.0 Å². The number of likely N-dealkylation sites (tertiary alicyclic amines) is 1. The number of rotatable bonds is 5. The Morgan fingerprint density at radius 1 is 1.05 bits per heavy atom. The van der Waals surface area contributed by atoms with Crippen LogP contribution in [0.25, 0.3) is 44.5 Å². The second kappa shape index (κ2) is 10.9. The summed E-state index contributed by atoms with van der Waals surface area (Å²) in [6.07, 6.45) is 7.09. The normalized spacial score (nSPS) is 15.2. The Bertz CT molecular complexity index is 1960. The number of carbonyl (C=O) groups is 1. The zero-order valence-corrected chi connectivity index (χ0v) is 24.7. The van der Waals surface area contributed by atoms with Gasteiger partial charge in [0.25, 0.3) is 0 Å². The van der Waals surface area contributed by atoms with Crippen molar-refractivity contribution in [2.24, 2.45) is 0 Å². The van der Waals surface area contributed by atoms with E-state index in [-0.39, 0.29) is 12.0 Å². The molecule has 0 bridgehead atoms. The molecule has 1 aliphatic rings. The van der Waals surface area contributed by atoms with Gasteiger partial charge in [-0.1, -0.05) is 42.5 Å². The minimum atomic E-state index is -0.564. The molecule has 0 unspecified atom stereocenters. The maximum Gasteiger partial charge on any atom is 0.330 e. The minimum Gasteiger partial charge on any atom is -0.390 e. The summed E-state index contributed by atoms with van der Waals surface area (Å²) in [7, 11) is 0. The first-order valence-electron chi connectivity index (χ1n) is 14.8. The molecule has 1 aliphatic heterocycles. The van der Waals surface area contributed by atoms with E-state index in [9.17, 15) is 9.90 Å². The van der Waals surface area contributed by atoms with Crippen molar-refractivity contribution in [3.63, 3.8) is 0 Å². The van der Waals surface area contributed by atoms with Crippen molar-refractivity contribution < 1.29 is 9.90 Å². The second-order valence-electron chi connectivity index (χ2n) is 11.9. The zero-order valence-electron chi connectivity index (χ0n) is 24.7. The average Bonchev–Trinajstić information content (AvgIpc) is 3.64. The van der Waals surface area contributed by atoms with Gasteiger partial charge in [-0.3, -0.25) is 14.5 Å². The van der Waals surface area contributed by atoms with Crippen LogP contribution in [0.2, 0.25) is 0 Å². The third kappa shape index (κ3) is 5.41. The lowest BCUT2D eigenvalue weighted by molar-refractivity contribution is -0.00731. The van der Waals surface area contributed by atoms with E-state index in [0.717, 1.165) is 76.7 Å². The zero-order chi connectivity index (χ0) is 30.4. The number of piperidine rings is 1. The van der Waals surface area contributed by atoms with E-state index < -0.39 is 5.60 Å². The van der Waals surface area contributed by atoms with Crippen LogP contribution in [0.15, 0.2) is 79.3 Å². The van der Waals surface area contributed by atoms with Crippen LogP contribution < -0.4 is 11.1 Å². The number of aliphatic hydroxyl groups is 1. The van der Waals surface area contributed by atoms with Gasteiger partial charge in [0.1, 0.15) is 5.65 Å². The standard InChI is InChI=1S/C34H34N8O2/c1-21-25(8-5-9-27(21)38-33(43)42-19-23-6-3-4-7-24(23)20-42)30-26-16-29(37-31(26)40-32(35)39-30)28-11-10-22(17-36-28)18-41-14-12-34(2,44)13-15-41/h3-11,16-17,19-20,44H,12-15,18H2,1-2H3,(H,38,43)(H3,35,37,39,40). The molecule has 222 valence electrons. The van der Waals surface area contributed by atoms with Crippen molar-refractivity contribution in [1.29, 1.82) is 0 Å². The van der Waals surface area contributed by atoms with E-state index in [2.05, 4.69) is 31.2 Å². The molecule has 2 aromatic carbocycles. The topological polar surface area (TPSA) is 138 Å². The maximum atomic E-state index is 13.2. The Kier molecular flexibility index (Phi) is 6.87. The fourth-order valence-corrected chi connectivity index (χ4v) is 5.91. The number of hydrogen-bond acceptors (Lipinski definition) is 7. The molecular formula is C34H34N8O2. The van der Waals surface area contributed by atoms with Gasteiger partial charge in [-0.15, -0.1) is 0 Å². The molecule has 0 aliphatic carbocycles. The summed E-state index contributed by atoms with van der Waals surface area (Å²) in [5, 5.41) is 16.1. The summed E-state index contributed by atoms with van der Waals surface area (Å²) in [4.78, 5) is 32.7. The predicted octanol–water partition coefficient (Wildman–Crippen LogP) is 5.96. The predicted molar refractivity (Wildman–Crippen MR) is 173 cm³/mol. The van der Waals surface area contributed by atoms with Gasteiger partial charge in [0, 0.05) is 54.9 Å². The number of anilines is 2. The quantitative estimate of drug-likeness (QED) is 0.196. The molecule has 0 radical (unpaired) electrons. The molecule has 6 aromatic rings. The Hall–Kier alpha value is -5.06. The highest BCUT2D eigenvalue weighted by Gasteiger charge is 2.27. The van der Waals surface area contributed by atoms with Gasteiger partial charge in [-0.25, -0.2) is 9.78 Å². The number of carbonyl (C=O) groups excluding carboxylic acids is 1. The first kappa shape index (κ1) is 27.8. The number of nitrogens with one attached hydrogen (secondary N) is 2. The summed E-state index contributed by atoms with van der Waals surface area (Å²) in [5.74, 6) is 0.151. The van der Waals surface area contributed by atoms with Crippen molar-refractivity contribution >= 4 is 39.5 Å². The molecule has 0 saturated carbocycles. The minimum absolute atomic E-state index is 0.151. The number of nitrogen functional groups attached to an aromatic ring is 1. The van der Waals surface area contributed by atoms with Gasteiger partial charge in [-0.05, 0) is 66.8 Å².